The smallest absolute Gasteiger partial charge is 0.250 e. The van der Waals surface area contributed by atoms with Crippen molar-refractivity contribution in [3.63, 3.8) is 0 Å². The molecule has 5 N–H and O–H groups in total. The van der Waals surface area contributed by atoms with Crippen molar-refractivity contribution < 1.29 is 26.8 Å². The van der Waals surface area contributed by atoms with Crippen LogP contribution in [0.5, 0.6) is 0 Å². The van der Waals surface area contributed by atoms with Crippen LogP contribution in [-0.2, 0) is 42.7 Å². The van der Waals surface area contributed by atoms with Gasteiger partial charge in [-0.05, 0) is 99.9 Å². The summed E-state index contributed by atoms with van der Waals surface area (Å²) in [5.41, 5.74) is 16.1. The minimum Gasteiger partial charge on any atom is -0.535 e. The van der Waals surface area contributed by atoms with Crippen LogP contribution < -0.4 is 27.9 Å². The van der Waals surface area contributed by atoms with Crippen molar-refractivity contribution in [1.82, 2.24) is 54.0 Å². The minimum absolute atomic E-state index is 0.0342. The maximum absolute atomic E-state index is 14.2. The van der Waals surface area contributed by atoms with Gasteiger partial charge in [0.25, 0.3) is 0 Å². The Bertz CT molecular complexity index is 3790. The normalized spacial score (nSPS) is 11.6. The largest absolute Gasteiger partial charge is 0.535 e. The van der Waals surface area contributed by atoms with Gasteiger partial charge in [0, 0.05) is 92.2 Å². The van der Waals surface area contributed by atoms with Gasteiger partial charge in [-0.3, -0.25) is 29.0 Å². The fraction of sp³-hybridized carbons (Fsp3) is 0.218. The molecule has 0 spiro atoms. The number of aryl methyl sites for hydroxylation is 2. The van der Waals surface area contributed by atoms with Crippen LogP contribution in [-0.4, -0.2) is 77.0 Å². The summed E-state index contributed by atoms with van der Waals surface area (Å²) in [6, 6.07) is 23.8. The number of nitrogens with two attached hydrogens (primary N) is 2. The Hall–Kier alpha value is -9.04. The van der Waals surface area contributed by atoms with Gasteiger partial charge in [-0.15, -0.1) is 5.10 Å². The number of pyridine rings is 4. The number of fused-ring (bicyclic) bond motifs is 1. The molecule has 0 saturated heterocycles. The standard InChI is InChI=1S/C24H20F2N6O2.C23H17F2N7O.C8H21NOSi2/c1-32-13-14(8-9-21(32)34)22-19(30-24(27)31-23(22)18-7-2-3-10-28-18)12-29-20(33)11-15-16(25)5-4-6-17(15)26;1-31-12-13(8-9-19(31)33)20-21(17-7-2-3-10-27-17)29-23(26)32-22(20)28-18(30-32)11-14-15(24)5-4-6-16(14)25;1-8(9-11(2,3)4)10-12(5,6)7/h2-10,13H,11-12H2,1H3,(H,29,33)(H2,27,30,31);2-10,12H,11H2,1H3,(H2,26,29);1-7H3. The topological polar surface area (TPSA) is 241 Å². The number of benzene rings is 2. The number of nitrogens with one attached hydrogen (secondary N) is 1. The molecule has 9 aromatic rings. The third-order valence-electron chi connectivity index (χ3n) is 11.3. The number of aromatic nitrogens is 10. The lowest BCUT2D eigenvalue weighted by atomic mass is 10.0. The second-order valence-corrected chi connectivity index (χ2v) is 28.9. The fourth-order valence-electron chi connectivity index (χ4n) is 8.06. The molecule has 0 atom stereocenters. The summed E-state index contributed by atoms with van der Waals surface area (Å²) < 4.78 is 70.7. The van der Waals surface area contributed by atoms with E-state index < -0.39 is 52.1 Å². The van der Waals surface area contributed by atoms with Crippen molar-refractivity contribution >= 4 is 45.9 Å². The maximum Gasteiger partial charge on any atom is 0.250 e. The summed E-state index contributed by atoms with van der Waals surface area (Å²) in [6.45, 7) is 15.0. The van der Waals surface area contributed by atoms with Crippen molar-refractivity contribution in [2.24, 2.45) is 18.8 Å². The molecule has 0 radical (unpaired) electrons. The zero-order valence-corrected chi connectivity index (χ0v) is 46.9. The first-order valence-corrected chi connectivity index (χ1v) is 31.5. The lowest BCUT2D eigenvalue weighted by Crippen LogP contribution is -2.30. The highest BCUT2D eigenvalue weighted by molar-refractivity contribution is 6.76. The first-order chi connectivity index (χ1) is 37.3. The number of nitrogens with zero attached hydrogens (tertiary/aromatic N) is 11. The molecule has 0 saturated carbocycles. The summed E-state index contributed by atoms with van der Waals surface area (Å²) in [4.78, 5) is 62.8. The van der Waals surface area contributed by atoms with E-state index in [0.29, 0.717) is 56.4 Å². The van der Waals surface area contributed by atoms with Crippen LogP contribution in [0.1, 0.15) is 29.6 Å². The first kappa shape index (κ1) is 57.7. The van der Waals surface area contributed by atoms with Crippen LogP contribution in [0.25, 0.3) is 50.7 Å². The molecule has 0 aliphatic rings. The molecule has 1 amide bonds. The SMILES string of the molecule is CC(=N[Si](C)(C)C)O[Si](C)(C)C.Cn1cc(-c2c(-c3ccccn3)nc(N)n3nc(Cc4c(F)cccc4F)nc23)ccc1=O.Cn1cc(-c2c(CNC(=O)Cc3c(F)cccc3F)nc(N)nc2-c2ccccn2)ccc1=O. The zero-order chi connectivity index (χ0) is 57.3. The van der Waals surface area contributed by atoms with Crippen LogP contribution in [0.4, 0.5) is 29.5 Å². The van der Waals surface area contributed by atoms with Crippen LogP contribution in [0, 0.1) is 23.3 Å². The highest BCUT2D eigenvalue weighted by Crippen LogP contribution is 2.35. The van der Waals surface area contributed by atoms with Gasteiger partial charge in [0.2, 0.25) is 37.2 Å². The third kappa shape index (κ3) is 14.9. The number of amides is 1. The van der Waals surface area contributed by atoms with Gasteiger partial charge in [-0.2, -0.15) is 4.52 Å². The Morgan fingerprint density at radius 3 is 1.67 bits per heavy atom. The van der Waals surface area contributed by atoms with Gasteiger partial charge >= 0.3 is 0 Å². The molecule has 7 aromatic heterocycles. The predicted octanol–water partition coefficient (Wildman–Crippen LogP) is 8.72. The van der Waals surface area contributed by atoms with Gasteiger partial charge in [0.15, 0.2) is 25.6 Å². The molecular weight excluding hydrogens is 1050 g/mol. The average molecular weight is 1110 g/mol. The Kier molecular flexibility index (Phi) is 17.9. The Morgan fingerprint density at radius 2 is 1.18 bits per heavy atom. The van der Waals surface area contributed by atoms with E-state index >= 15 is 0 Å². The summed E-state index contributed by atoms with van der Waals surface area (Å²) >= 11 is 0. The molecule has 7 heterocycles. The molecular formula is C55H58F4N14O4Si2. The molecule has 0 bridgehead atoms. The molecule has 0 aliphatic carbocycles. The number of hydrogen-bond acceptors (Lipinski definition) is 14. The van der Waals surface area contributed by atoms with Gasteiger partial charge in [-0.1, -0.05) is 24.3 Å². The van der Waals surface area contributed by atoms with E-state index in [4.69, 9.17) is 15.9 Å². The van der Waals surface area contributed by atoms with E-state index in [9.17, 15) is 31.9 Å². The van der Waals surface area contributed by atoms with E-state index in [2.05, 4.69) is 84.3 Å². The Balaban J connectivity index is 0.000000190. The van der Waals surface area contributed by atoms with Crippen LogP contribution in [0.15, 0.2) is 136 Å². The van der Waals surface area contributed by atoms with Gasteiger partial charge in [0.05, 0.1) is 35.6 Å². The van der Waals surface area contributed by atoms with Crippen molar-refractivity contribution in [1.29, 1.82) is 0 Å². The van der Waals surface area contributed by atoms with E-state index in [-0.39, 0.29) is 52.9 Å². The Morgan fingerprint density at radius 1 is 0.658 bits per heavy atom. The summed E-state index contributed by atoms with van der Waals surface area (Å²) in [5, 5.41) is 6.98. The molecule has 18 nitrogen and oxygen atoms in total. The molecule has 24 heteroatoms. The summed E-state index contributed by atoms with van der Waals surface area (Å²) in [7, 11) is 0.472. The fourth-order valence-corrected chi connectivity index (χ4v) is 10.1. The van der Waals surface area contributed by atoms with E-state index in [1.54, 1.807) is 81.3 Å². The highest BCUT2D eigenvalue weighted by Gasteiger charge is 2.24. The number of anilines is 2. The summed E-state index contributed by atoms with van der Waals surface area (Å²) in [6.07, 6.45) is 5.82. The first-order valence-electron chi connectivity index (χ1n) is 24.6. The van der Waals surface area contributed by atoms with Crippen molar-refractivity contribution in [2.45, 2.75) is 65.6 Å². The number of carbonyl (C=O) groups is 1. The molecule has 9 rings (SSSR count). The second kappa shape index (κ2) is 24.5. The zero-order valence-electron chi connectivity index (χ0n) is 44.9. The maximum atomic E-state index is 14.2. The second-order valence-electron chi connectivity index (χ2n) is 19.9. The lowest BCUT2D eigenvalue weighted by Gasteiger charge is -2.21. The highest BCUT2D eigenvalue weighted by atomic mass is 28.4. The molecule has 408 valence electrons. The van der Waals surface area contributed by atoms with Crippen molar-refractivity contribution in [2.75, 3.05) is 11.5 Å². The summed E-state index contributed by atoms with van der Waals surface area (Å²) in [5.74, 6) is -2.54. The monoisotopic (exact) mass is 1110 g/mol. The van der Waals surface area contributed by atoms with Gasteiger partial charge in [0.1, 0.15) is 34.7 Å². The number of nitrogen functional groups attached to an aromatic ring is 2. The number of carbonyl (C=O) groups excluding carboxylic acids is 1. The van der Waals surface area contributed by atoms with Crippen molar-refractivity contribution in [3.05, 3.63) is 188 Å². The van der Waals surface area contributed by atoms with Gasteiger partial charge < -0.3 is 30.3 Å². The lowest BCUT2D eigenvalue weighted by molar-refractivity contribution is -0.120. The van der Waals surface area contributed by atoms with Gasteiger partial charge in [-0.25, -0.2) is 37.5 Å². The molecule has 0 unspecified atom stereocenters. The Labute approximate surface area is 454 Å². The average Bonchev–Trinajstić information content (AvgIpc) is 3.90. The molecule has 79 heavy (non-hydrogen) atoms. The number of hydrogen-bond donors (Lipinski definition) is 3. The predicted molar refractivity (Wildman–Crippen MR) is 301 cm³/mol. The van der Waals surface area contributed by atoms with E-state index in [1.165, 1.54) is 50.0 Å². The number of halogens is 4. The quantitative estimate of drug-likeness (QED) is 0.0449. The van der Waals surface area contributed by atoms with Crippen LogP contribution >= 0.6 is 0 Å². The third-order valence-corrected chi connectivity index (χ3v) is 13.2. The minimum atomic E-state index is -1.43. The molecule has 0 aliphatic heterocycles. The van der Waals surface area contributed by atoms with Crippen LogP contribution in [0.2, 0.25) is 39.3 Å². The molecule has 0 fully saturated rings. The van der Waals surface area contributed by atoms with Crippen molar-refractivity contribution in [3.8, 4) is 45.0 Å². The molecule has 2 aromatic carbocycles. The van der Waals surface area contributed by atoms with E-state index in [0.717, 1.165) is 18.0 Å². The van der Waals surface area contributed by atoms with Crippen LogP contribution in [0.3, 0.4) is 0 Å². The van der Waals surface area contributed by atoms with E-state index in [1.807, 2.05) is 13.0 Å². The number of rotatable bonds is 12.